The van der Waals surface area contributed by atoms with E-state index >= 15 is 0 Å². The van der Waals surface area contributed by atoms with E-state index in [1.54, 1.807) is 11.8 Å². The van der Waals surface area contributed by atoms with Crippen molar-refractivity contribution in [1.82, 2.24) is 15.2 Å². The number of carbonyl (C=O) groups is 2. The fraction of sp³-hybridized carbons (Fsp3) is 0.320. The summed E-state index contributed by atoms with van der Waals surface area (Å²) in [6.07, 6.45) is 0.744. The molecule has 33 heavy (non-hydrogen) atoms. The van der Waals surface area contributed by atoms with Gasteiger partial charge in [-0.2, -0.15) is 0 Å². The van der Waals surface area contributed by atoms with Gasteiger partial charge in [-0.25, -0.2) is 4.98 Å². The van der Waals surface area contributed by atoms with Crippen LogP contribution in [0.15, 0.2) is 42.5 Å². The van der Waals surface area contributed by atoms with Gasteiger partial charge in [0.25, 0.3) is 11.8 Å². The van der Waals surface area contributed by atoms with Crippen LogP contribution in [0, 0.1) is 13.8 Å². The number of benzene rings is 2. The summed E-state index contributed by atoms with van der Waals surface area (Å²) in [6.45, 7) is 5.63. The molecule has 2 aliphatic rings. The van der Waals surface area contributed by atoms with E-state index in [1.165, 1.54) is 16.9 Å². The number of carbonyl (C=O) groups excluding carboxylic acids is 2. The third kappa shape index (κ3) is 4.37. The Bertz CT molecular complexity index is 1210. The van der Waals surface area contributed by atoms with E-state index in [2.05, 4.69) is 10.3 Å². The second-order valence-electron chi connectivity index (χ2n) is 8.19. The van der Waals surface area contributed by atoms with Crippen LogP contribution in [0.1, 0.15) is 36.2 Å². The van der Waals surface area contributed by atoms with Gasteiger partial charge < -0.3 is 15.0 Å². The second kappa shape index (κ2) is 9.19. The average molecular weight is 480 g/mol. The second-order valence-corrected chi connectivity index (χ2v) is 10.7. The number of aromatic nitrogens is 1. The number of thiazole rings is 1. The molecule has 1 unspecified atom stereocenters. The van der Waals surface area contributed by atoms with Crippen LogP contribution in [-0.2, 0) is 6.42 Å². The smallest absolute Gasteiger partial charge is 0.267 e. The zero-order valence-electron chi connectivity index (χ0n) is 18.6. The Morgan fingerprint density at radius 3 is 2.82 bits per heavy atom. The van der Waals surface area contributed by atoms with Crippen molar-refractivity contribution in [1.29, 1.82) is 0 Å². The Hall–Kier alpha value is -2.84. The van der Waals surface area contributed by atoms with Crippen LogP contribution >= 0.6 is 23.1 Å². The Morgan fingerprint density at radius 2 is 2.00 bits per heavy atom. The summed E-state index contributed by atoms with van der Waals surface area (Å²) in [4.78, 5) is 33.6. The van der Waals surface area contributed by atoms with E-state index in [9.17, 15) is 9.59 Å². The van der Waals surface area contributed by atoms with Crippen molar-refractivity contribution in [2.24, 2.45) is 0 Å². The van der Waals surface area contributed by atoms with Crippen molar-refractivity contribution in [2.75, 3.05) is 25.4 Å². The molecule has 0 spiro atoms. The number of thioether (sulfide) groups is 1. The molecule has 5 rings (SSSR count). The van der Waals surface area contributed by atoms with Crippen molar-refractivity contribution in [3.05, 3.63) is 69.0 Å². The molecule has 1 saturated heterocycles. The summed E-state index contributed by atoms with van der Waals surface area (Å²) in [6, 6.07) is 13.7. The number of nitrogens with one attached hydrogen (secondary N) is 1. The number of aryl methyl sites for hydroxylation is 2. The molecular formula is C25H25N3O3S2. The van der Waals surface area contributed by atoms with E-state index in [0.717, 1.165) is 39.8 Å². The maximum atomic E-state index is 13.6. The monoisotopic (exact) mass is 479 g/mol. The Balaban J connectivity index is 1.31. The SMILES string of the molecule is Cc1ccc(-c2nc(C)sc2C(=O)N2CCSC2CNC(=O)c2cccc3c2CCO3)cc1. The lowest BCUT2D eigenvalue weighted by Gasteiger charge is -2.24. The molecule has 170 valence electrons. The van der Waals surface area contributed by atoms with E-state index < -0.39 is 0 Å². The quantitative estimate of drug-likeness (QED) is 0.591. The highest BCUT2D eigenvalue weighted by Crippen LogP contribution is 2.33. The first-order valence-corrected chi connectivity index (χ1v) is 12.9. The van der Waals surface area contributed by atoms with E-state index in [-0.39, 0.29) is 17.2 Å². The van der Waals surface area contributed by atoms with Gasteiger partial charge in [0, 0.05) is 42.0 Å². The fourth-order valence-corrected chi connectivity index (χ4v) is 6.30. The van der Waals surface area contributed by atoms with Gasteiger partial charge in [-0.05, 0) is 26.0 Å². The van der Waals surface area contributed by atoms with Gasteiger partial charge in [0.05, 0.1) is 22.7 Å². The largest absolute Gasteiger partial charge is 0.493 e. The lowest BCUT2D eigenvalue weighted by atomic mass is 10.0. The summed E-state index contributed by atoms with van der Waals surface area (Å²) < 4.78 is 5.58. The van der Waals surface area contributed by atoms with Crippen molar-refractivity contribution < 1.29 is 14.3 Å². The predicted molar refractivity (Wildman–Crippen MR) is 132 cm³/mol. The van der Waals surface area contributed by atoms with Crippen LogP contribution in [0.4, 0.5) is 0 Å². The topological polar surface area (TPSA) is 71.5 Å². The zero-order valence-corrected chi connectivity index (χ0v) is 20.2. The molecule has 1 fully saturated rings. The molecule has 1 atom stereocenters. The minimum absolute atomic E-state index is 0.0190. The van der Waals surface area contributed by atoms with Crippen molar-refractivity contribution in [3.63, 3.8) is 0 Å². The highest BCUT2D eigenvalue weighted by molar-refractivity contribution is 8.00. The third-order valence-corrected chi connectivity index (χ3v) is 8.11. The molecular weight excluding hydrogens is 454 g/mol. The van der Waals surface area contributed by atoms with E-state index in [1.807, 2.05) is 61.2 Å². The lowest BCUT2D eigenvalue weighted by molar-refractivity contribution is 0.0756. The molecule has 8 heteroatoms. The maximum absolute atomic E-state index is 13.6. The van der Waals surface area contributed by atoms with E-state index in [4.69, 9.17) is 4.74 Å². The number of hydrogen-bond acceptors (Lipinski definition) is 6. The Morgan fingerprint density at radius 1 is 1.18 bits per heavy atom. The van der Waals surface area contributed by atoms with Crippen LogP contribution in [0.2, 0.25) is 0 Å². The third-order valence-electron chi connectivity index (χ3n) is 5.93. The van der Waals surface area contributed by atoms with Crippen LogP contribution < -0.4 is 10.1 Å². The van der Waals surface area contributed by atoms with Crippen LogP contribution in [0.3, 0.4) is 0 Å². The molecule has 1 aromatic heterocycles. The van der Waals surface area contributed by atoms with Crippen molar-refractivity contribution >= 4 is 34.9 Å². The zero-order chi connectivity index (χ0) is 22.9. The molecule has 2 aromatic carbocycles. The fourth-order valence-electron chi connectivity index (χ4n) is 4.24. The summed E-state index contributed by atoms with van der Waals surface area (Å²) in [5.41, 5.74) is 4.48. The molecule has 2 amide bonds. The number of hydrogen-bond donors (Lipinski definition) is 1. The van der Waals surface area contributed by atoms with Crippen LogP contribution in [0.5, 0.6) is 5.75 Å². The molecule has 3 heterocycles. The number of nitrogens with zero attached hydrogens (tertiary/aromatic N) is 2. The number of amides is 2. The van der Waals surface area contributed by atoms with Gasteiger partial charge in [-0.3, -0.25) is 9.59 Å². The lowest BCUT2D eigenvalue weighted by Crippen LogP contribution is -2.42. The highest BCUT2D eigenvalue weighted by atomic mass is 32.2. The first-order valence-electron chi connectivity index (χ1n) is 11.0. The Labute approximate surface area is 201 Å². The van der Waals surface area contributed by atoms with Gasteiger partial charge in [-0.1, -0.05) is 35.9 Å². The number of ether oxygens (including phenoxy) is 1. The minimum atomic E-state index is -0.119. The molecule has 0 radical (unpaired) electrons. The average Bonchev–Trinajstić information content (AvgIpc) is 3.56. The maximum Gasteiger partial charge on any atom is 0.267 e. The van der Waals surface area contributed by atoms with Gasteiger partial charge >= 0.3 is 0 Å². The molecule has 0 bridgehead atoms. The number of fused-ring (bicyclic) bond motifs is 1. The van der Waals surface area contributed by atoms with Gasteiger partial charge in [0.2, 0.25) is 0 Å². The Kier molecular flexibility index (Phi) is 6.12. The van der Waals surface area contributed by atoms with Gasteiger partial charge in [-0.15, -0.1) is 23.1 Å². The van der Waals surface area contributed by atoms with Gasteiger partial charge in [0.15, 0.2) is 0 Å². The van der Waals surface area contributed by atoms with E-state index in [0.29, 0.717) is 30.1 Å². The molecule has 2 aliphatic heterocycles. The summed E-state index contributed by atoms with van der Waals surface area (Å²) in [7, 11) is 0. The normalized spacial score (nSPS) is 17.0. The first kappa shape index (κ1) is 22.0. The van der Waals surface area contributed by atoms with Crippen molar-refractivity contribution in [2.45, 2.75) is 25.6 Å². The van der Waals surface area contributed by atoms with Crippen LogP contribution in [0.25, 0.3) is 11.3 Å². The highest BCUT2D eigenvalue weighted by Gasteiger charge is 2.33. The van der Waals surface area contributed by atoms with Gasteiger partial charge in [0.1, 0.15) is 10.6 Å². The standard InChI is InChI=1S/C25H25N3O3S2/c1-15-6-8-17(9-7-15)22-23(33-16(2)27-22)25(30)28-11-13-32-21(28)14-26-24(29)19-4-3-5-20-18(19)10-12-31-20/h3-9,21H,10-14H2,1-2H3,(H,26,29). The minimum Gasteiger partial charge on any atom is -0.493 e. The van der Waals surface area contributed by atoms with Crippen molar-refractivity contribution in [3.8, 4) is 17.0 Å². The predicted octanol–water partition coefficient (Wildman–Crippen LogP) is 4.31. The van der Waals surface area contributed by atoms with Crippen LogP contribution in [-0.4, -0.2) is 52.5 Å². The summed E-state index contributed by atoms with van der Waals surface area (Å²) >= 11 is 3.13. The molecule has 3 aromatic rings. The molecule has 1 N–H and O–H groups in total. The molecule has 0 aliphatic carbocycles. The molecule has 6 nitrogen and oxygen atoms in total. The number of rotatable bonds is 5. The summed E-state index contributed by atoms with van der Waals surface area (Å²) in [5, 5.41) is 3.80. The molecule has 0 saturated carbocycles. The first-order chi connectivity index (χ1) is 16.0. The summed E-state index contributed by atoms with van der Waals surface area (Å²) in [5.74, 6) is 1.50.